The van der Waals surface area contributed by atoms with Gasteiger partial charge in [-0.25, -0.2) is 9.97 Å². The number of nitrogens with zero attached hydrogens (tertiary/aromatic N) is 4. The summed E-state index contributed by atoms with van der Waals surface area (Å²) in [7, 11) is 0. The predicted octanol–water partition coefficient (Wildman–Crippen LogP) is 3.63. The first-order valence-electron chi connectivity index (χ1n) is 11.4. The Morgan fingerprint density at radius 3 is 2.63 bits per heavy atom. The second-order valence-electron chi connectivity index (χ2n) is 8.98. The summed E-state index contributed by atoms with van der Waals surface area (Å²) in [5.41, 5.74) is 2.71. The van der Waals surface area contributed by atoms with Crippen LogP contribution in [0.4, 0.5) is 11.6 Å². The Morgan fingerprint density at radius 1 is 1.03 bits per heavy atom. The molecule has 0 radical (unpaired) electrons. The molecule has 1 aromatic heterocycles. The number of hydrogen-bond acceptors (Lipinski definition) is 5. The van der Waals surface area contributed by atoms with Crippen molar-refractivity contribution in [2.45, 2.75) is 57.5 Å². The number of piperidine rings is 1. The smallest absolute Gasteiger partial charge is 0.222 e. The number of carbonyl (C=O) groups is 1. The van der Waals surface area contributed by atoms with Crippen molar-refractivity contribution in [2.24, 2.45) is 5.92 Å². The minimum atomic E-state index is 0.318. The van der Waals surface area contributed by atoms with Gasteiger partial charge in [-0.1, -0.05) is 24.3 Å². The molecule has 1 aliphatic carbocycles. The molecule has 2 aromatic rings. The molecule has 2 aliphatic heterocycles. The number of carbonyl (C=O) groups excluding carboxylic acids is 1. The Balaban J connectivity index is 1.08. The maximum Gasteiger partial charge on any atom is 0.222 e. The Morgan fingerprint density at radius 2 is 1.83 bits per heavy atom. The summed E-state index contributed by atoms with van der Waals surface area (Å²) >= 11 is 0. The van der Waals surface area contributed by atoms with Gasteiger partial charge in [-0.15, -0.1) is 0 Å². The van der Waals surface area contributed by atoms with Gasteiger partial charge in [0.25, 0.3) is 0 Å². The third kappa shape index (κ3) is 4.58. The van der Waals surface area contributed by atoms with Crippen molar-refractivity contribution in [1.29, 1.82) is 0 Å². The van der Waals surface area contributed by atoms with E-state index in [0.29, 0.717) is 24.3 Å². The standard InChI is InChI=1S/C24H31N5O/c30-24(29-14-11-19-3-1-2-4-20(19)16-29)8-5-18-9-12-28(13-10-18)23-15-22(25-17-26-23)27-21-6-7-21/h1-4,15,17-18,21H,5-14,16H2,(H,25,26,27). The minimum absolute atomic E-state index is 0.318. The van der Waals surface area contributed by atoms with Crippen LogP contribution in [0.3, 0.4) is 0 Å². The number of anilines is 2. The molecule has 5 rings (SSSR count). The van der Waals surface area contributed by atoms with Crippen LogP contribution in [0.1, 0.15) is 49.7 Å². The molecule has 30 heavy (non-hydrogen) atoms. The van der Waals surface area contributed by atoms with Gasteiger partial charge in [0, 0.05) is 44.7 Å². The molecule has 158 valence electrons. The van der Waals surface area contributed by atoms with Gasteiger partial charge in [-0.05, 0) is 55.6 Å². The molecule has 1 saturated heterocycles. The molecule has 3 heterocycles. The number of rotatable bonds is 6. The first-order chi connectivity index (χ1) is 14.7. The van der Waals surface area contributed by atoms with Gasteiger partial charge in [-0.3, -0.25) is 4.79 Å². The van der Waals surface area contributed by atoms with Gasteiger partial charge in [-0.2, -0.15) is 0 Å². The minimum Gasteiger partial charge on any atom is -0.367 e. The maximum absolute atomic E-state index is 12.8. The van der Waals surface area contributed by atoms with E-state index >= 15 is 0 Å². The molecule has 2 fully saturated rings. The number of fused-ring (bicyclic) bond motifs is 1. The van der Waals surface area contributed by atoms with Crippen molar-refractivity contribution in [3.8, 4) is 0 Å². The molecule has 1 amide bonds. The molecule has 1 N–H and O–H groups in total. The first kappa shape index (κ1) is 19.3. The van der Waals surface area contributed by atoms with Gasteiger partial charge in [0.2, 0.25) is 5.91 Å². The molecule has 6 heteroatoms. The van der Waals surface area contributed by atoms with Gasteiger partial charge in [0.15, 0.2) is 0 Å². The summed E-state index contributed by atoms with van der Waals surface area (Å²) in [6, 6.07) is 11.2. The van der Waals surface area contributed by atoms with E-state index in [4.69, 9.17) is 0 Å². The van der Waals surface area contributed by atoms with Crippen LogP contribution in [0.2, 0.25) is 0 Å². The average molecular weight is 406 g/mol. The quantitative estimate of drug-likeness (QED) is 0.795. The van der Waals surface area contributed by atoms with E-state index < -0.39 is 0 Å². The lowest BCUT2D eigenvalue weighted by atomic mass is 9.91. The lowest BCUT2D eigenvalue weighted by Gasteiger charge is -2.33. The number of aromatic nitrogens is 2. The molecule has 1 saturated carbocycles. The zero-order valence-corrected chi connectivity index (χ0v) is 17.6. The topological polar surface area (TPSA) is 61.4 Å². The third-order valence-corrected chi connectivity index (χ3v) is 6.77. The van der Waals surface area contributed by atoms with Crippen LogP contribution >= 0.6 is 0 Å². The fourth-order valence-corrected chi connectivity index (χ4v) is 4.68. The van der Waals surface area contributed by atoms with Gasteiger partial charge < -0.3 is 15.1 Å². The summed E-state index contributed by atoms with van der Waals surface area (Å²) in [4.78, 5) is 26.0. The van der Waals surface area contributed by atoms with Crippen LogP contribution in [0.25, 0.3) is 0 Å². The second-order valence-corrected chi connectivity index (χ2v) is 8.98. The summed E-state index contributed by atoms with van der Waals surface area (Å²) < 4.78 is 0. The van der Waals surface area contributed by atoms with Crippen molar-refractivity contribution in [1.82, 2.24) is 14.9 Å². The van der Waals surface area contributed by atoms with Gasteiger partial charge in [0.1, 0.15) is 18.0 Å². The van der Waals surface area contributed by atoms with E-state index in [1.54, 1.807) is 6.33 Å². The summed E-state index contributed by atoms with van der Waals surface area (Å²) in [5, 5.41) is 3.45. The number of amides is 1. The highest BCUT2D eigenvalue weighted by Gasteiger charge is 2.25. The van der Waals surface area contributed by atoms with Crippen LogP contribution in [0, 0.1) is 5.92 Å². The fourth-order valence-electron chi connectivity index (χ4n) is 4.68. The average Bonchev–Trinajstić information content (AvgIpc) is 3.61. The lowest BCUT2D eigenvalue weighted by Crippen LogP contribution is -2.37. The summed E-state index contributed by atoms with van der Waals surface area (Å²) in [5.74, 6) is 2.92. The summed E-state index contributed by atoms with van der Waals surface area (Å²) in [6.07, 6.45) is 9.08. The normalized spacial score (nSPS) is 19.5. The van der Waals surface area contributed by atoms with E-state index in [1.807, 2.05) is 4.90 Å². The Hall–Kier alpha value is -2.63. The highest BCUT2D eigenvalue weighted by atomic mass is 16.2. The monoisotopic (exact) mass is 405 g/mol. The molecule has 6 nitrogen and oxygen atoms in total. The van der Waals surface area contributed by atoms with Gasteiger partial charge in [0.05, 0.1) is 0 Å². The van der Waals surface area contributed by atoms with Crippen molar-refractivity contribution >= 4 is 17.5 Å². The van der Waals surface area contributed by atoms with Crippen molar-refractivity contribution in [3.63, 3.8) is 0 Å². The van der Waals surface area contributed by atoms with Crippen LogP contribution in [-0.4, -0.2) is 46.5 Å². The molecule has 0 spiro atoms. The predicted molar refractivity (Wildman–Crippen MR) is 118 cm³/mol. The number of benzene rings is 1. The van der Waals surface area contributed by atoms with E-state index in [0.717, 1.165) is 63.5 Å². The van der Waals surface area contributed by atoms with Crippen LogP contribution in [-0.2, 0) is 17.8 Å². The Bertz CT molecular complexity index is 889. The first-order valence-corrected chi connectivity index (χ1v) is 11.4. The molecule has 0 bridgehead atoms. The molecule has 0 unspecified atom stereocenters. The number of hydrogen-bond donors (Lipinski definition) is 1. The molecular formula is C24H31N5O. The van der Waals surface area contributed by atoms with Crippen LogP contribution < -0.4 is 10.2 Å². The Kier molecular flexibility index (Phi) is 5.56. The van der Waals surface area contributed by atoms with Crippen molar-refractivity contribution in [2.75, 3.05) is 29.9 Å². The second kappa shape index (κ2) is 8.62. The van der Waals surface area contributed by atoms with Crippen molar-refractivity contribution in [3.05, 3.63) is 47.8 Å². The van der Waals surface area contributed by atoms with E-state index in [2.05, 4.69) is 50.5 Å². The molecule has 0 atom stereocenters. The zero-order chi connectivity index (χ0) is 20.3. The lowest BCUT2D eigenvalue weighted by molar-refractivity contribution is -0.132. The third-order valence-electron chi connectivity index (χ3n) is 6.77. The van der Waals surface area contributed by atoms with Crippen LogP contribution in [0.5, 0.6) is 0 Å². The van der Waals surface area contributed by atoms with E-state index in [1.165, 1.54) is 24.0 Å². The molecule has 3 aliphatic rings. The van der Waals surface area contributed by atoms with Crippen LogP contribution in [0.15, 0.2) is 36.7 Å². The number of nitrogens with one attached hydrogen (secondary N) is 1. The highest BCUT2D eigenvalue weighted by molar-refractivity contribution is 5.76. The maximum atomic E-state index is 12.8. The largest absolute Gasteiger partial charge is 0.367 e. The zero-order valence-electron chi connectivity index (χ0n) is 17.6. The van der Waals surface area contributed by atoms with E-state index in [-0.39, 0.29) is 0 Å². The molecule has 1 aromatic carbocycles. The molecular weight excluding hydrogens is 374 g/mol. The summed E-state index contributed by atoms with van der Waals surface area (Å²) in [6.45, 7) is 3.66. The SMILES string of the molecule is O=C(CCC1CCN(c2cc(NC3CC3)ncn2)CC1)N1CCc2ccccc2C1. The van der Waals surface area contributed by atoms with Crippen molar-refractivity contribution < 1.29 is 4.79 Å². The Labute approximate surface area is 178 Å². The highest BCUT2D eigenvalue weighted by Crippen LogP contribution is 2.28. The van der Waals surface area contributed by atoms with E-state index in [9.17, 15) is 4.79 Å². The van der Waals surface area contributed by atoms with Gasteiger partial charge >= 0.3 is 0 Å². The fraction of sp³-hybridized carbons (Fsp3) is 0.542.